The first-order valence-corrected chi connectivity index (χ1v) is 8.95. The highest BCUT2D eigenvalue weighted by atomic mass is 16.5. The molecule has 3 nitrogen and oxygen atoms in total. The van der Waals surface area contributed by atoms with Crippen molar-refractivity contribution >= 4 is 6.08 Å². The van der Waals surface area contributed by atoms with E-state index in [9.17, 15) is 10.2 Å². The number of hydrogen-bond donors (Lipinski definition) is 2. The second kappa shape index (κ2) is 11.9. The molecule has 0 atom stereocenters. The monoisotopic (exact) mass is 320 g/mol. The number of aromatic hydroxyl groups is 2. The van der Waals surface area contributed by atoms with Crippen LogP contribution in [0.1, 0.15) is 76.7 Å². The molecule has 0 amide bonds. The molecule has 2 N–H and O–H groups in total. The van der Waals surface area contributed by atoms with Gasteiger partial charge in [-0.05, 0) is 18.9 Å². The molecule has 0 saturated heterocycles. The van der Waals surface area contributed by atoms with E-state index in [0.717, 1.165) is 6.42 Å². The Morgan fingerprint density at radius 2 is 1.52 bits per heavy atom. The van der Waals surface area contributed by atoms with E-state index < -0.39 is 0 Å². The lowest BCUT2D eigenvalue weighted by Gasteiger charge is -2.07. The second-order valence-electron chi connectivity index (χ2n) is 6.11. The number of benzene rings is 1. The van der Waals surface area contributed by atoms with Crippen LogP contribution in [0.5, 0.6) is 17.2 Å². The summed E-state index contributed by atoms with van der Waals surface area (Å²) in [6.45, 7) is 2.25. The maximum Gasteiger partial charge on any atom is 0.165 e. The van der Waals surface area contributed by atoms with Crippen LogP contribution in [0.4, 0.5) is 0 Å². The van der Waals surface area contributed by atoms with E-state index >= 15 is 0 Å². The Bertz CT molecular complexity index is 466. The molecule has 0 bridgehead atoms. The fourth-order valence-electron chi connectivity index (χ4n) is 2.68. The van der Waals surface area contributed by atoms with Gasteiger partial charge in [0.25, 0.3) is 0 Å². The van der Waals surface area contributed by atoms with Crippen molar-refractivity contribution in [1.82, 2.24) is 0 Å². The predicted octanol–water partition coefficient (Wildman–Crippen LogP) is 6.04. The summed E-state index contributed by atoms with van der Waals surface area (Å²) in [6, 6.07) is 2.96. The van der Waals surface area contributed by atoms with E-state index in [-0.39, 0.29) is 11.5 Å². The van der Waals surface area contributed by atoms with E-state index in [1.54, 1.807) is 6.07 Å². The van der Waals surface area contributed by atoms with Crippen molar-refractivity contribution in [1.29, 1.82) is 0 Å². The van der Waals surface area contributed by atoms with Gasteiger partial charge in [-0.2, -0.15) is 0 Å². The van der Waals surface area contributed by atoms with Crippen LogP contribution in [0.25, 0.3) is 6.08 Å². The first-order valence-electron chi connectivity index (χ1n) is 8.95. The Labute approximate surface area is 141 Å². The quantitative estimate of drug-likeness (QED) is 0.364. The maximum absolute atomic E-state index is 9.99. The van der Waals surface area contributed by atoms with E-state index in [0.29, 0.717) is 11.3 Å². The molecule has 0 heterocycles. The van der Waals surface area contributed by atoms with E-state index in [2.05, 4.69) is 13.0 Å². The van der Waals surface area contributed by atoms with E-state index in [1.165, 1.54) is 71.0 Å². The number of hydrogen-bond acceptors (Lipinski definition) is 3. The molecule has 1 rings (SSSR count). The van der Waals surface area contributed by atoms with Crippen LogP contribution in [-0.4, -0.2) is 17.3 Å². The van der Waals surface area contributed by atoms with Crippen molar-refractivity contribution in [3.05, 3.63) is 23.8 Å². The molecule has 23 heavy (non-hydrogen) atoms. The summed E-state index contributed by atoms with van der Waals surface area (Å²) in [4.78, 5) is 0. The summed E-state index contributed by atoms with van der Waals surface area (Å²) in [5, 5.41) is 19.6. The van der Waals surface area contributed by atoms with Crippen molar-refractivity contribution in [2.75, 3.05) is 7.11 Å². The normalized spacial score (nSPS) is 11.2. The Morgan fingerprint density at radius 3 is 2.13 bits per heavy atom. The van der Waals surface area contributed by atoms with Gasteiger partial charge in [-0.1, -0.05) is 70.4 Å². The summed E-state index contributed by atoms with van der Waals surface area (Å²) < 4.78 is 5.03. The van der Waals surface area contributed by atoms with Gasteiger partial charge in [0.05, 0.1) is 7.11 Å². The highest BCUT2D eigenvalue weighted by molar-refractivity contribution is 5.64. The summed E-state index contributed by atoms with van der Waals surface area (Å²) in [6.07, 6.45) is 16.8. The van der Waals surface area contributed by atoms with Gasteiger partial charge >= 0.3 is 0 Å². The third-order valence-corrected chi connectivity index (χ3v) is 4.08. The molecular weight excluding hydrogens is 288 g/mol. The summed E-state index contributed by atoms with van der Waals surface area (Å²) in [7, 11) is 1.48. The Kier molecular flexibility index (Phi) is 10.0. The van der Waals surface area contributed by atoms with Gasteiger partial charge in [0.15, 0.2) is 11.5 Å². The molecule has 0 aliphatic heterocycles. The first-order chi connectivity index (χ1) is 11.2. The molecule has 0 aliphatic rings. The third kappa shape index (κ3) is 7.96. The van der Waals surface area contributed by atoms with Crippen molar-refractivity contribution in [3.63, 3.8) is 0 Å². The molecule has 0 unspecified atom stereocenters. The molecule has 0 aromatic heterocycles. The lowest BCUT2D eigenvalue weighted by Crippen LogP contribution is -1.86. The zero-order valence-electron chi connectivity index (χ0n) is 14.7. The topological polar surface area (TPSA) is 49.7 Å². The number of unbranched alkanes of at least 4 members (excludes halogenated alkanes) is 9. The molecule has 0 radical (unpaired) electrons. The number of ether oxygens (including phenoxy) is 1. The number of phenols is 2. The number of phenolic OH excluding ortho intramolecular Hbond substituents is 2. The lowest BCUT2D eigenvalue weighted by molar-refractivity contribution is 0.368. The van der Waals surface area contributed by atoms with Gasteiger partial charge in [0.2, 0.25) is 0 Å². The largest absolute Gasteiger partial charge is 0.508 e. The second-order valence-corrected chi connectivity index (χ2v) is 6.11. The lowest BCUT2D eigenvalue weighted by atomic mass is 10.1. The van der Waals surface area contributed by atoms with Gasteiger partial charge in [0.1, 0.15) is 5.75 Å². The van der Waals surface area contributed by atoms with Gasteiger partial charge in [0, 0.05) is 11.6 Å². The molecule has 0 aliphatic carbocycles. The molecule has 1 aromatic rings. The van der Waals surface area contributed by atoms with Crippen LogP contribution in [0.2, 0.25) is 0 Å². The fraction of sp³-hybridized carbons (Fsp3) is 0.600. The van der Waals surface area contributed by atoms with E-state index in [4.69, 9.17) is 4.74 Å². The van der Waals surface area contributed by atoms with Crippen LogP contribution in [0, 0.1) is 0 Å². The summed E-state index contributed by atoms with van der Waals surface area (Å²) in [5.74, 6) is 0.476. The summed E-state index contributed by atoms with van der Waals surface area (Å²) in [5.41, 5.74) is 0.595. The SMILES string of the molecule is CCCCCCCCCCCC=Cc1cc(O)cc(OC)c1O. The molecule has 1 aromatic carbocycles. The Balaban J connectivity index is 2.19. The van der Waals surface area contributed by atoms with Crippen LogP contribution in [-0.2, 0) is 0 Å². The molecule has 130 valence electrons. The Hall–Kier alpha value is -1.64. The molecule has 0 spiro atoms. The zero-order valence-corrected chi connectivity index (χ0v) is 14.7. The standard InChI is InChI=1S/C20H32O3/c1-3-4-5-6-7-8-9-10-11-12-13-14-17-15-18(21)16-19(23-2)20(17)22/h13-16,21-22H,3-12H2,1-2H3. The van der Waals surface area contributed by atoms with Crippen LogP contribution in [0.15, 0.2) is 18.2 Å². The Morgan fingerprint density at radius 1 is 0.913 bits per heavy atom. The van der Waals surface area contributed by atoms with E-state index in [1.807, 2.05) is 6.08 Å². The zero-order chi connectivity index (χ0) is 16.9. The van der Waals surface area contributed by atoms with Gasteiger partial charge in [-0.25, -0.2) is 0 Å². The molecule has 3 heteroatoms. The van der Waals surface area contributed by atoms with Crippen molar-refractivity contribution in [2.45, 2.75) is 71.1 Å². The minimum absolute atomic E-state index is 0.0774. The van der Waals surface area contributed by atoms with Crippen molar-refractivity contribution < 1.29 is 14.9 Å². The van der Waals surface area contributed by atoms with Crippen LogP contribution >= 0.6 is 0 Å². The van der Waals surface area contributed by atoms with Gasteiger partial charge in [-0.15, -0.1) is 0 Å². The van der Waals surface area contributed by atoms with Crippen LogP contribution in [0.3, 0.4) is 0 Å². The minimum Gasteiger partial charge on any atom is -0.508 e. The highest BCUT2D eigenvalue weighted by Gasteiger charge is 2.07. The average Bonchev–Trinajstić information content (AvgIpc) is 2.55. The predicted molar refractivity (Wildman–Crippen MR) is 97.2 cm³/mol. The highest BCUT2D eigenvalue weighted by Crippen LogP contribution is 2.34. The number of rotatable bonds is 12. The summed E-state index contributed by atoms with van der Waals surface area (Å²) >= 11 is 0. The first kappa shape index (κ1) is 19.4. The van der Waals surface area contributed by atoms with Gasteiger partial charge < -0.3 is 14.9 Å². The molecule has 0 saturated carbocycles. The van der Waals surface area contributed by atoms with Crippen molar-refractivity contribution in [2.24, 2.45) is 0 Å². The number of allylic oxidation sites excluding steroid dienone is 1. The van der Waals surface area contributed by atoms with Gasteiger partial charge in [-0.3, -0.25) is 0 Å². The van der Waals surface area contributed by atoms with Crippen LogP contribution < -0.4 is 4.74 Å². The van der Waals surface area contributed by atoms with Crippen molar-refractivity contribution in [3.8, 4) is 17.2 Å². The fourth-order valence-corrected chi connectivity index (χ4v) is 2.68. The number of methoxy groups -OCH3 is 1. The molecular formula is C20H32O3. The minimum atomic E-state index is 0.0774. The third-order valence-electron chi connectivity index (χ3n) is 4.08. The molecule has 0 fully saturated rings. The maximum atomic E-state index is 9.99. The smallest absolute Gasteiger partial charge is 0.165 e. The average molecular weight is 320 g/mol.